The second-order valence-electron chi connectivity index (χ2n) is 7.81. The largest absolute Gasteiger partial charge is 0.394 e. The quantitative estimate of drug-likeness (QED) is 0.754. The Morgan fingerprint density at radius 3 is 2.35 bits per heavy atom. The van der Waals surface area contributed by atoms with E-state index in [1.807, 2.05) is 0 Å². The maximum Gasteiger partial charge on any atom is 0.0613 e. The standard InChI is InChI=1S/C17H34N2O/c1-13(2)11-19(15-7-8-15)16-6-5-9-17(10-16,12-20)18-14(3)4/h13-16,18,20H,5-12H2,1-4H3. The third-order valence-electron chi connectivity index (χ3n) is 4.78. The van der Waals surface area contributed by atoms with Gasteiger partial charge in [0.25, 0.3) is 0 Å². The first kappa shape index (κ1) is 16.3. The highest BCUT2D eigenvalue weighted by Gasteiger charge is 2.42. The van der Waals surface area contributed by atoms with E-state index < -0.39 is 0 Å². The molecule has 0 spiro atoms. The summed E-state index contributed by atoms with van der Waals surface area (Å²) in [4.78, 5) is 2.76. The SMILES string of the molecule is CC(C)CN(C1CC1)C1CCCC(CO)(NC(C)C)C1. The highest BCUT2D eigenvalue weighted by molar-refractivity contribution is 5.00. The zero-order chi connectivity index (χ0) is 14.8. The third-order valence-corrected chi connectivity index (χ3v) is 4.78. The molecule has 2 N–H and O–H groups in total. The molecule has 20 heavy (non-hydrogen) atoms. The van der Waals surface area contributed by atoms with E-state index in [-0.39, 0.29) is 12.1 Å². The Morgan fingerprint density at radius 2 is 1.85 bits per heavy atom. The van der Waals surface area contributed by atoms with Gasteiger partial charge in [0.15, 0.2) is 0 Å². The topological polar surface area (TPSA) is 35.5 Å². The van der Waals surface area contributed by atoms with Crippen LogP contribution in [0.4, 0.5) is 0 Å². The van der Waals surface area contributed by atoms with Crippen molar-refractivity contribution in [2.45, 2.75) is 89.9 Å². The van der Waals surface area contributed by atoms with Crippen molar-refractivity contribution in [3.8, 4) is 0 Å². The van der Waals surface area contributed by atoms with Gasteiger partial charge in [-0.15, -0.1) is 0 Å². The fourth-order valence-electron chi connectivity index (χ4n) is 3.97. The average Bonchev–Trinajstić information content (AvgIpc) is 3.19. The van der Waals surface area contributed by atoms with Crippen LogP contribution in [0.2, 0.25) is 0 Å². The Labute approximate surface area is 125 Å². The van der Waals surface area contributed by atoms with Crippen LogP contribution >= 0.6 is 0 Å². The van der Waals surface area contributed by atoms with Crippen molar-refractivity contribution in [2.75, 3.05) is 13.2 Å². The first-order chi connectivity index (χ1) is 9.46. The first-order valence-corrected chi connectivity index (χ1v) is 8.60. The van der Waals surface area contributed by atoms with Gasteiger partial charge < -0.3 is 10.4 Å². The molecule has 0 radical (unpaired) electrons. The normalized spacial score (nSPS) is 31.5. The molecule has 0 bridgehead atoms. The Kier molecular flexibility index (Phi) is 5.49. The summed E-state index contributed by atoms with van der Waals surface area (Å²) in [5, 5.41) is 13.6. The van der Waals surface area contributed by atoms with Crippen molar-refractivity contribution in [3.05, 3.63) is 0 Å². The molecule has 2 atom stereocenters. The smallest absolute Gasteiger partial charge is 0.0613 e. The van der Waals surface area contributed by atoms with Crippen LogP contribution in [0.3, 0.4) is 0 Å². The van der Waals surface area contributed by atoms with Crippen molar-refractivity contribution in [2.24, 2.45) is 5.92 Å². The second-order valence-corrected chi connectivity index (χ2v) is 7.81. The minimum atomic E-state index is -0.0405. The van der Waals surface area contributed by atoms with Gasteiger partial charge in [0.2, 0.25) is 0 Å². The van der Waals surface area contributed by atoms with E-state index in [9.17, 15) is 5.11 Å². The van der Waals surface area contributed by atoms with Crippen LogP contribution in [0.15, 0.2) is 0 Å². The van der Waals surface area contributed by atoms with Crippen molar-refractivity contribution in [1.82, 2.24) is 10.2 Å². The van der Waals surface area contributed by atoms with E-state index in [0.717, 1.165) is 24.8 Å². The number of aliphatic hydroxyl groups excluding tert-OH is 1. The van der Waals surface area contributed by atoms with Crippen molar-refractivity contribution < 1.29 is 5.11 Å². The van der Waals surface area contributed by atoms with Gasteiger partial charge in [-0.3, -0.25) is 4.90 Å². The lowest BCUT2D eigenvalue weighted by Crippen LogP contribution is -2.58. The van der Waals surface area contributed by atoms with Gasteiger partial charge in [-0.2, -0.15) is 0 Å². The Morgan fingerprint density at radius 1 is 1.15 bits per heavy atom. The summed E-state index contributed by atoms with van der Waals surface area (Å²) in [6.07, 6.45) is 7.56. The lowest BCUT2D eigenvalue weighted by Gasteiger charge is -2.46. The molecule has 2 rings (SSSR count). The predicted molar refractivity (Wildman–Crippen MR) is 84.9 cm³/mol. The molecule has 0 aromatic rings. The summed E-state index contributed by atoms with van der Waals surface area (Å²) in [5.41, 5.74) is -0.0405. The van der Waals surface area contributed by atoms with E-state index in [1.54, 1.807) is 0 Å². The molecule has 2 saturated carbocycles. The fraction of sp³-hybridized carbons (Fsp3) is 1.00. The number of aliphatic hydroxyl groups is 1. The molecule has 2 aliphatic rings. The van der Waals surface area contributed by atoms with E-state index in [4.69, 9.17) is 0 Å². The van der Waals surface area contributed by atoms with Gasteiger partial charge in [0, 0.05) is 30.2 Å². The summed E-state index contributed by atoms with van der Waals surface area (Å²) in [6.45, 7) is 10.5. The van der Waals surface area contributed by atoms with Crippen LogP contribution in [0.1, 0.15) is 66.2 Å². The van der Waals surface area contributed by atoms with Gasteiger partial charge in [-0.25, -0.2) is 0 Å². The second kappa shape index (κ2) is 6.76. The molecule has 0 aromatic heterocycles. The van der Waals surface area contributed by atoms with Crippen molar-refractivity contribution in [3.63, 3.8) is 0 Å². The minimum Gasteiger partial charge on any atom is -0.394 e. The van der Waals surface area contributed by atoms with Crippen molar-refractivity contribution >= 4 is 0 Å². The lowest BCUT2D eigenvalue weighted by molar-refractivity contribution is 0.0456. The van der Waals surface area contributed by atoms with E-state index in [1.165, 1.54) is 32.2 Å². The minimum absolute atomic E-state index is 0.0405. The number of rotatable bonds is 7. The molecular weight excluding hydrogens is 248 g/mol. The van der Waals surface area contributed by atoms with Gasteiger partial charge in [-0.1, -0.05) is 27.7 Å². The maximum atomic E-state index is 9.95. The molecule has 0 aliphatic heterocycles. The average molecular weight is 282 g/mol. The van der Waals surface area contributed by atoms with Crippen LogP contribution < -0.4 is 5.32 Å². The number of nitrogens with zero attached hydrogens (tertiary/aromatic N) is 1. The zero-order valence-electron chi connectivity index (χ0n) is 13.9. The summed E-state index contributed by atoms with van der Waals surface area (Å²) < 4.78 is 0. The molecule has 2 unspecified atom stereocenters. The van der Waals surface area contributed by atoms with Crippen LogP contribution in [0.5, 0.6) is 0 Å². The van der Waals surface area contributed by atoms with Gasteiger partial charge in [0.05, 0.1) is 6.61 Å². The van der Waals surface area contributed by atoms with Gasteiger partial charge >= 0.3 is 0 Å². The molecule has 0 heterocycles. The number of hydrogen-bond donors (Lipinski definition) is 2. The summed E-state index contributed by atoms with van der Waals surface area (Å²) in [7, 11) is 0. The molecule has 2 fully saturated rings. The zero-order valence-corrected chi connectivity index (χ0v) is 13.9. The van der Waals surface area contributed by atoms with Gasteiger partial charge in [0.1, 0.15) is 0 Å². The summed E-state index contributed by atoms with van der Waals surface area (Å²) >= 11 is 0. The van der Waals surface area contributed by atoms with Crippen molar-refractivity contribution in [1.29, 1.82) is 0 Å². The summed E-state index contributed by atoms with van der Waals surface area (Å²) in [6, 6.07) is 1.94. The fourth-order valence-corrected chi connectivity index (χ4v) is 3.97. The molecule has 0 saturated heterocycles. The Balaban J connectivity index is 2.03. The van der Waals surface area contributed by atoms with E-state index in [2.05, 4.69) is 37.9 Å². The highest BCUT2D eigenvalue weighted by Crippen LogP contribution is 2.37. The third kappa shape index (κ3) is 4.19. The first-order valence-electron chi connectivity index (χ1n) is 8.60. The molecule has 2 aliphatic carbocycles. The molecule has 0 amide bonds. The van der Waals surface area contributed by atoms with E-state index >= 15 is 0 Å². The number of hydrogen-bond acceptors (Lipinski definition) is 3. The summed E-state index contributed by atoms with van der Waals surface area (Å²) in [5.74, 6) is 0.735. The van der Waals surface area contributed by atoms with Crippen LogP contribution in [-0.2, 0) is 0 Å². The van der Waals surface area contributed by atoms with E-state index in [0.29, 0.717) is 12.1 Å². The van der Waals surface area contributed by atoms with Gasteiger partial charge in [-0.05, 0) is 44.4 Å². The molecule has 3 heteroatoms. The predicted octanol–water partition coefficient (Wildman–Crippen LogP) is 2.78. The maximum absolute atomic E-state index is 9.95. The molecule has 118 valence electrons. The monoisotopic (exact) mass is 282 g/mol. The molecular formula is C17H34N2O. The van der Waals surface area contributed by atoms with Crippen LogP contribution in [0, 0.1) is 5.92 Å². The molecule has 3 nitrogen and oxygen atoms in total. The lowest BCUT2D eigenvalue weighted by atomic mass is 9.78. The van der Waals surface area contributed by atoms with Crippen LogP contribution in [-0.4, -0.2) is 46.8 Å². The Hall–Kier alpha value is -0.120. The molecule has 0 aromatic carbocycles. The van der Waals surface area contributed by atoms with Crippen LogP contribution in [0.25, 0.3) is 0 Å². The highest BCUT2D eigenvalue weighted by atomic mass is 16.3. The Bertz CT molecular complexity index is 301. The number of nitrogens with one attached hydrogen (secondary N) is 1.